The Bertz CT molecular complexity index is 644. The Morgan fingerprint density at radius 2 is 1.65 bits per heavy atom. The number of ether oxygens (including phenoxy) is 1. The Morgan fingerprint density at radius 3 is 2.17 bits per heavy atom. The van der Waals surface area contributed by atoms with Gasteiger partial charge in [0.05, 0.1) is 0 Å². The molecule has 1 amide bonds. The standard InChI is InChI=1S/C19H23NO3/c1-11-2-3-15(7-16(11)23-18(22)17(20)21)19-8-12-4-13(9-19)6-14(5-12)10-19/h2-3,7,12-14H,4-6,8-10H2,1H3,(H2,20,21). The van der Waals surface area contributed by atoms with E-state index in [-0.39, 0.29) is 5.41 Å². The van der Waals surface area contributed by atoms with Crippen molar-refractivity contribution >= 4 is 11.9 Å². The predicted molar refractivity (Wildman–Crippen MR) is 85.9 cm³/mol. The first-order chi connectivity index (χ1) is 10.9. The molecule has 0 heterocycles. The van der Waals surface area contributed by atoms with Gasteiger partial charge >= 0.3 is 11.9 Å². The smallest absolute Gasteiger partial charge is 0.401 e. The van der Waals surface area contributed by atoms with Gasteiger partial charge in [-0.2, -0.15) is 0 Å². The quantitative estimate of drug-likeness (QED) is 0.518. The van der Waals surface area contributed by atoms with E-state index in [4.69, 9.17) is 10.5 Å². The lowest BCUT2D eigenvalue weighted by atomic mass is 9.48. The molecule has 1 aromatic rings. The summed E-state index contributed by atoms with van der Waals surface area (Å²) in [7, 11) is 0. The molecule has 2 N–H and O–H groups in total. The van der Waals surface area contributed by atoms with Gasteiger partial charge in [0, 0.05) is 0 Å². The zero-order chi connectivity index (χ0) is 16.2. The second kappa shape index (κ2) is 5.08. The van der Waals surface area contributed by atoms with Crippen LogP contribution in [0.4, 0.5) is 0 Å². The lowest BCUT2D eigenvalue weighted by Crippen LogP contribution is -2.48. The first kappa shape index (κ1) is 14.7. The molecule has 122 valence electrons. The van der Waals surface area contributed by atoms with Crippen LogP contribution in [0, 0.1) is 24.7 Å². The van der Waals surface area contributed by atoms with Crippen molar-refractivity contribution in [2.45, 2.75) is 50.9 Å². The van der Waals surface area contributed by atoms with E-state index in [9.17, 15) is 9.59 Å². The minimum atomic E-state index is -1.05. The van der Waals surface area contributed by atoms with Gasteiger partial charge < -0.3 is 10.5 Å². The summed E-state index contributed by atoms with van der Waals surface area (Å²) >= 11 is 0. The average Bonchev–Trinajstić information content (AvgIpc) is 2.47. The van der Waals surface area contributed by atoms with E-state index in [1.54, 1.807) is 0 Å². The highest BCUT2D eigenvalue weighted by Crippen LogP contribution is 2.60. The Hall–Kier alpha value is -1.84. The van der Waals surface area contributed by atoms with Crippen LogP contribution in [0.5, 0.6) is 5.75 Å². The van der Waals surface area contributed by atoms with Crippen molar-refractivity contribution in [1.29, 1.82) is 0 Å². The number of carbonyl (C=O) groups is 2. The Morgan fingerprint density at radius 1 is 1.09 bits per heavy atom. The first-order valence-corrected chi connectivity index (χ1v) is 8.58. The van der Waals surface area contributed by atoms with E-state index in [1.807, 2.05) is 19.1 Å². The number of carbonyl (C=O) groups excluding carboxylic acids is 2. The Labute approximate surface area is 136 Å². The van der Waals surface area contributed by atoms with Crippen LogP contribution in [-0.4, -0.2) is 11.9 Å². The molecule has 5 rings (SSSR count). The van der Waals surface area contributed by atoms with Crippen LogP contribution >= 0.6 is 0 Å². The second-order valence-corrected chi connectivity index (χ2v) is 7.93. The highest BCUT2D eigenvalue weighted by Gasteiger charge is 2.51. The number of rotatable bonds is 2. The average molecular weight is 313 g/mol. The molecule has 23 heavy (non-hydrogen) atoms. The zero-order valence-corrected chi connectivity index (χ0v) is 13.5. The van der Waals surface area contributed by atoms with E-state index in [2.05, 4.69) is 6.07 Å². The molecule has 0 spiro atoms. The summed E-state index contributed by atoms with van der Waals surface area (Å²) in [4.78, 5) is 22.5. The summed E-state index contributed by atoms with van der Waals surface area (Å²) in [5.74, 6) is 1.01. The normalized spacial score (nSPS) is 34.4. The fourth-order valence-corrected chi connectivity index (χ4v) is 5.65. The van der Waals surface area contributed by atoms with Crippen molar-refractivity contribution in [3.8, 4) is 5.75 Å². The lowest BCUT2D eigenvalue weighted by molar-refractivity contribution is -0.146. The monoisotopic (exact) mass is 313 g/mol. The van der Waals surface area contributed by atoms with Crippen LogP contribution in [0.2, 0.25) is 0 Å². The number of hydrogen-bond acceptors (Lipinski definition) is 3. The molecule has 4 nitrogen and oxygen atoms in total. The molecule has 4 heteroatoms. The molecule has 4 aliphatic carbocycles. The van der Waals surface area contributed by atoms with Crippen molar-refractivity contribution in [2.75, 3.05) is 0 Å². The van der Waals surface area contributed by atoms with Crippen molar-refractivity contribution < 1.29 is 14.3 Å². The molecular formula is C19H23NO3. The summed E-state index contributed by atoms with van der Waals surface area (Å²) < 4.78 is 5.20. The highest BCUT2D eigenvalue weighted by atomic mass is 16.5. The Balaban J connectivity index is 1.67. The number of nitrogens with two attached hydrogens (primary N) is 1. The highest BCUT2D eigenvalue weighted by molar-refractivity contribution is 6.32. The predicted octanol–water partition coefficient (Wildman–Crippen LogP) is 2.85. The molecule has 4 bridgehead atoms. The van der Waals surface area contributed by atoms with Crippen LogP contribution in [0.15, 0.2) is 18.2 Å². The summed E-state index contributed by atoms with van der Waals surface area (Å²) in [5, 5.41) is 0. The molecule has 4 fully saturated rings. The van der Waals surface area contributed by atoms with Crippen LogP contribution < -0.4 is 10.5 Å². The van der Waals surface area contributed by atoms with Gasteiger partial charge in [-0.15, -0.1) is 0 Å². The fraction of sp³-hybridized carbons (Fsp3) is 0.579. The Kier molecular flexibility index (Phi) is 3.26. The topological polar surface area (TPSA) is 69.4 Å². The number of hydrogen-bond donors (Lipinski definition) is 1. The molecule has 0 aliphatic heterocycles. The number of aryl methyl sites for hydroxylation is 1. The summed E-state index contributed by atoms with van der Waals surface area (Å²) in [6.45, 7) is 1.88. The van der Waals surface area contributed by atoms with E-state index >= 15 is 0 Å². The van der Waals surface area contributed by atoms with Crippen LogP contribution in [0.1, 0.15) is 49.7 Å². The van der Waals surface area contributed by atoms with Crippen LogP contribution in [0.25, 0.3) is 0 Å². The van der Waals surface area contributed by atoms with Crippen molar-refractivity contribution in [1.82, 2.24) is 0 Å². The molecule has 4 aliphatic rings. The number of esters is 1. The van der Waals surface area contributed by atoms with Gasteiger partial charge in [-0.3, -0.25) is 4.79 Å². The second-order valence-electron chi connectivity index (χ2n) is 7.93. The van der Waals surface area contributed by atoms with E-state index in [0.717, 1.165) is 23.3 Å². The largest absolute Gasteiger partial charge is 0.419 e. The minimum absolute atomic E-state index is 0.246. The fourth-order valence-electron chi connectivity index (χ4n) is 5.65. The van der Waals surface area contributed by atoms with Gasteiger partial charge in [-0.05, 0) is 85.8 Å². The summed E-state index contributed by atoms with van der Waals surface area (Å²) in [6, 6.07) is 6.16. The van der Waals surface area contributed by atoms with E-state index in [0.29, 0.717) is 5.75 Å². The summed E-state index contributed by atoms with van der Waals surface area (Å²) in [6.07, 6.45) is 7.96. The maximum atomic E-state index is 11.5. The molecule has 4 saturated carbocycles. The molecular weight excluding hydrogens is 290 g/mol. The van der Waals surface area contributed by atoms with Crippen molar-refractivity contribution in [2.24, 2.45) is 23.5 Å². The van der Waals surface area contributed by atoms with Crippen molar-refractivity contribution in [3.63, 3.8) is 0 Å². The minimum Gasteiger partial charge on any atom is -0.419 e. The third-order valence-electron chi connectivity index (χ3n) is 6.24. The van der Waals surface area contributed by atoms with Crippen LogP contribution in [0.3, 0.4) is 0 Å². The van der Waals surface area contributed by atoms with Gasteiger partial charge in [-0.1, -0.05) is 12.1 Å². The molecule has 0 unspecified atom stereocenters. The van der Waals surface area contributed by atoms with Gasteiger partial charge in [0.25, 0.3) is 0 Å². The maximum absolute atomic E-state index is 11.5. The lowest BCUT2D eigenvalue weighted by Gasteiger charge is -2.57. The van der Waals surface area contributed by atoms with Gasteiger partial charge in [0.15, 0.2) is 0 Å². The number of amides is 1. The third-order valence-corrected chi connectivity index (χ3v) is 6.24. The van der Waals surface area contributed by atoms with Gasteiger partial charge in [0.1, 0.15) is 5.75 Å². The van der Waals surface area contributed by atoms with E-state index < -0.39 is 11.9 Å². The van der Waals surface area contributed by atoms with Crippen LogP contribution in [-0.2, 0) is 15.0 Å². The number of primary amides is 1. The molecule has 0 saturated heterocycles. The summed E-state index contributed by atoms with van der Waals surface area (Å²) in [5.41, 5.74) is 7.38. The third kappa shape index (κ3) is 2.44. The van der Waals surface area contributed by atoms with Crippen molar-refractivity contribution in [3.05, 3.63) is 29.3 Å². The molecule has 0 atom stereocenters. The zero-order valence-electron chi connectivity index (χ0n) is 13.5. The molecule has 0 aromatic heterocycles. The van der Waals surface area contributed by atoms with Gasteiger partial charge in [0.2, 0.25) is 0 Å². The number of benzene rings is 1. The molecule has 0 radical (unpaired) electrons. The maximum Gasteiger partial charge on any atom is 0.401 e. The SMILES string of the molecule is Cc1ccc(C23CC4CC(CC(C4)C2)C3)cc1OC(=O)C(N)=O. The van der Waals surface area contributed by atoms with E-state index in [1.165, 1.54) is 44.1 Å². The first-order valence-electron chi connectivity index (χ1n) is 8.58. The van der Waals surface area contributed by atoms with Gasteiger partial charge in [-0.25, -0.2) is 4.79 Å². The molecule has 1 aromatic carbocycles.